The van der Waals surface area contributed by atoms with Crippen LogP contribution in [0.3, 0.4) is 0 Å². The molecule has 0 fully saturated rings. The molecule has 3 rings (SSSR count). The van der Waals surface area contributed by atoms with Gasteiger partial charge in [-0.05, 0) is 61.7 Å². The van der Waals surface area contributed by atoms with Crippen molar-refractivity contribution in [1.82, 2.24) is 5.43 Å². The van der Waals surface area contributed by atoms with E-state index in [9.17, 15) is 4.79 Å². The second-order valence-electron chi connectivity index (χ2n) is 9.45. The number of hydrogen-bond donors (Lipinski definition) is 1. The van der Waals surface area contributed by atoms with Gasteiger partial charge in [0.2, 0.25) is 0 Å². The Morgan fingerprint density at radius 2 is 1.54 bits per heavy atom. The maximum absolute atomic E-state index is 12.8. The molecule has 0 radical (unpaired) electrons. The second-order valence-corrected chi connectivity index (χ2v) is 9.85. The number of ether oxygens (including phenoxy) is 4. The molecule has 0 saturated carbocycles. The molecule has 0 saturated heterocycles. The second kappa shape index (κ2) is 17.9. The number of benzene rings is 3. The Morgan fingerprint density at radius 3 is 2.29 bits per heavy atom. The SMILES string of the molecule is CCCCCCCCOc1c(Cl)cc(/C=N/NC(=O)c2ccc(OCc3ccccc3)c(OCC)c2)cc1OCC. The van der Waals surface area contributed by atoms with Gasteiger partial charge in [0.15, 0.2) is 23.0 Å². The highest BCUT2D eigenvalue weighted by Gasteiger charge is 2.14. The van der Waals surface area contributed by atoms with Gasteiger partial charge in [0.25, 0.3) is 5.91 Å². The van der Waals surface area contributed by atoms with Crippen LogP contribution in [0.1, 0.15) is 80.8 Å². The van der Waals surface area contributed by atoms with Crippen molar-refractivity contribution in [3.63, 3.8) is 0 Å². The van der Waals surface area contributed by atoms with Crippen molar-refractivity contribution in [2.24, 2.45) is 5.10 Å². The van der Waals surface area contributed by atoms with Crippen LogP contribution >= 0.6 is 11.6 Å². The minimum atomic E-state index is -0.383. The average molecular weight is 581 g/mol. The quantitative estimate of drug-likeness (QED) is 0.0931. The van der Waals surface area contributed by atoms with Gasteiger partial charge in [-0.1, -0.05) is 81.0 Å². The Bertz CT molecular complexity index is 1250. The van der Waals surface area contributed by atoms with Crippen LogP contribution in [0.5, 0.6) is 23.0 Å². The Labute approximate surface area is 248 Å². The van der Waals surface area contributed by atoms with Crippen molar-refractivity contribution >= 4 is 23.7 Å². The van der Waals surface area contributed by atoms with Crippen LogP contribution in [0.25, 0.3) is 0 Å². The lowest BCUT2D eigenvalue weighted by molar-refractivity contribution is 0.0954. The number of nitrogens with one attached hydrogen (secondary N) is 1. The zero-order valence-electron chi connectivity index (χ0n) is 24.3. The molecule has 3 aromatic carbocycles. The Balaban J connectivity index is 1.60. The molecule has 0 aromatic heterocycles. The van der Waals surface area contributed by atoms with Crippen LogP contribution in [0.4, 0.5) is 0 Å². The lowest BCUT2D eigenvalue weighted by Crippen LogP contribution is -2.17. The molecule has 0 aliphatic carbocycles. The molecule has 41 heavy (non-hydrogen) atoms. The smallest absolute Gasteiger partial charge is 0.271 e. The van der Waals surface area contributed by atoms with Gasteiger partial charge in [0.05, 0.1) is 31.1 Å². The molecule has 1 amide bonds. The first-order chi connectivity index (χ1) is 20.0. The number of amides is 1. The van der Waals surface area contributed by atoms with E-state index in [1.54, 1.807) is 30.3 Å². The third-order valence-electron chi connectivity index (χ3n) is 6.20. The number of rotatable bonds is 18. The standard InChI is InChI=1S/C33H41ClN2O5/c1-4-7-8-9-10-14-19-40-32-28(34)20-26(21-31(32)39-6-3)23-35-36-33(37)27-17-18-29(30(22-27)38-5-2)41-24-25-15-12-11-13-16-25/h11-13,15-18,20-23H,4-10,14,19,24H2,1-3H3,(H,36,37)/b35-23+. The Morgan fingerprint density at radius 1 is 0.805 bits per heavy atom. The van der Waals surface area contributed by atoms with E-state index in [1.165, 1.54) is 31.9 Å². The molecule has 3 aromatic rings. The summed E-state index contributed by atoms with van der Waals surface area (Å²) in [6, 6.07) is 18.4. The van der Waals surface area contributed by atoms with E-state index in [0.29, 0.717) is 65.6 Å². The third kappa shape index (κ3) is 10.7. The normalized spacial score (nSPS) is 10.9. The van der Waals surface area contributed by atoms with Gasteiger partial charge in [0, 0.05) is 5.56 Å². The number of nitrogens with zero attached hydrogens (tertiary/aromatic N) is 1. The van der Waals surface area contributed by atoms with Gasteiger partial charge in [-0.25, -0.2) is 5.43 Å². The molecule has 0 heterocycles. The fraction of sp³-hybridized carbons (Fsp3) is 0.394. The highest BCUT2D eigenvalue weighted by atomic mass is 35.5. The van der Waals surface area contributed by atoms with Crippen molar-refractivity contribution in [3.8, 4) is 23.0 Å². The molecule has 7 nitrogen and oxygen atoms in total. The number of carbonyl (C=O) groups is 1. The van der Waals surface area contributed by atoms with Gasteiger partial charge in [-0.3, -0.25) is 4.79 Å². The molecule has 0 bridgehead atoms. The maximum Gasteiger partial charge on any atom is 0.271 e. The lowest BCUT2D eigenvalue weighted by Gasteiger charge is -2.14. The van der Waals surface area contributed by atoms with Crippen molar-refractivity contribution < 1.29 is 23.7 Å². The van der Waals surface area contributed by atoms with E-state index >= 15 is 0 Å². The highest BCUT2D eigenvalue weighted by Crippen LogP contribution is 2.36. The number of unbranched alkanes of at least 4 members (excludes halogenated alkanes) is 5. The maximum atomic E-state index is 12.8. The molecule has 1 N–H and O–H groups in total. The monoisotopic (exact) mass is 580 g/mol. The largest absolute Gasteiger partial charge is 0.490 e. The van der Waals surface area contributed by atoms with Crippen LogP contribution in [0.2, 0.25) is 5.02 Å². The van der Waals surface area contributed by atoms with E-state index in [2.05, 4.69) is 17.5 Å². The van der Waals surface area contributed by atoms with Crippen molar-refractivity contribution in [3.05, 3.63) is 82.4 Å². The van der Waals surface area contributed by atoms with Crippen molar-refractivity contribution in [2.45, 2.75) is 65.9 Å². The molecule has 0 aliphatic rings. The minimum absolute atomic E-state index is 0.383. The van der Waals surface area contributed by atoms with E-state index in [-0.39, 0.29) is 5.91 Å². The Kier molecular flexibility index (Phi) is 13.9. The number of hydrazone groups is 1. The molecule has 0 aliphatic heterocycles. The summed E-state index contributed by atoms with van der Waals surface area (Å²) in [6.07, 6.45) is 8.58. The lowest BCUT2D eigenvalue weighted by atomic mass is 10.1. The molecule has 0 spiro atoms. The predicted octanol–water partition coefficient (Wildman–Crippen LogP) is 8.22. The number of halogens is 1. The van der Waals surface area contributed by atoms with Crippen LogP contribution in [-0.4, -0.2) is 31.9 Å². The van der Waals surface area contributed by atoms with E-state index in [1.807, 2.05) is 44.2 Å². The van der Waals surface area contributed by atoms with Crippen LogP contribution in [-0.2, 0) is 6.61 Å². The van der Waals surface area contributed by atoms with Gasteiger partial charge >= 0.3 is 0 Å². The number of carbonyl (C=O) groups excluding carboxylic acids is 1. The van der Waals surface area contributed by atoms with E-state index < -0.39 is 0 Å². The summed E-state index contributed by atoms with van der Waals surface area (Å²) in [7, 11) is 0. The van der Waals surface area contributed by atoms with E-state index in [0.717, 1.165) is 18.4 Å². The summed E-state index contributed by atoms with van der Waals surface area (Å²) in [5, 5.41) is 4.56. The first kappa shape index (κ1) is 31.8. The summed E-state index contributed by atoms with van der Waals surface area (Å²) in [4.78, 5) is 12.8. The molecule has 0 atom stereocenters. The molecular formula is C33H41ClN2O5. The predicted molar refractivity (Wildman–Crippen MR) is 165 cm³/mol. The van der Waals surface area contributed by atoms with Crippen LogP contribution < -0.4 is 24.4 Å². The highest BCUT2D eigenvalue weighted by molar-refractivity contribution is 6.32. The van der Waals surface area contributed by atoms with Gasteiger partial charge < -0.3 is 18.9 Å². The average Bonchev–Trinajstić information content (AvgIpc) is 2.98. The minimum Gasteiger partial charge on any atom is -0.490 e. The Hall–Kier alpha value is -3.71. The summed E-state index contributed by atoms with van der Waals surface area (Å²) >= 11 is 6.54. The van der Waals surface area contributed by atoms with Crippen molar-refractivity contribution in [2.75, 3.05) is 19.8 Å². The number of hydrogen-bond acceptors (Lipinski definition) is 6. The first-order valence-electron chi connectivity index (χ1n) is 14.4. The van der Waals surface area contributed by atoms with Crippen LogP contribution in [0, 0.1) is 0 Å². The zero-order valence-corrected chi connectivity index (χ0v) is 25.0. The van der Waals surface area contributed by atoms with Crippen molar-refractivity contribution in [1.29, 1.82) is 0 Å². The van der Waals surface area contributed by atoms with Crippen LogP contribution in [0.15, 0.2) is 65.8 Å². The fourth-order valence-electron chi connectivity index (χ4n) is 4.12. The summed E-state index contributed by atoms with van der Waals surface area (Å²) in [6.45, 7) is 7.87. The molecular weight excluding hydrogens is 540 g/mol. The van der Waals surface area contributed by atoms with E-state index in [4.69, 9.17) is 30.5 Å². The third-order valence-corrected chi connectivity index (χ3v) is 6.48. The molecule has 8 heteroatoms. The molecule has 0 unspecified atom stereocenters. The zero-order chi connectivity index (χ0) is 29.3. The molecule has 220 valence electrons. The fourth-order valence-corrected chi connectivity index (χ4v) is 4.40. The topological polar surface area (TPSA) is 78.4 Å². The van der Waals surface area contributed by atoms with Gasteiger partial charge in [-0.15, -0.1) is 0 Å². The summed E-state index contributed by atoms with van der Waals surface area (Å²) in [5.41, 5.74) is 4.66. The summed E-state index contributed by atoms with van der Waals surface area (Å²) in [5.74, 6) is 1.75. The first-order valence-corrected chi connectivity index (χ1v) is 14.8. The van der Waals surface area contributed by atoms with Gasteiger partial charge in [-0.2, -0.15) is 5.10 Å². The van der Waals surface area contributed by atoms with Gasteiger partial charge in [0.1, 0.15) is 6.61 Å². The summed E-state index contributed by atoms with van der Waals surface area (Å²) < 4.78 is 23.4.